The molecule has 4 aromatic rings. The zero-order valence-electron chi connectivity index (χ0n) is 18.3. The van der Waals surface area contributed by atoms with Crippen molar-refractivity contribution >= 4 is 23.5 Å². The van der Waals surface area contributed by atoms with Crippen LogP contribution in [0.5, 0.6) is 11.5 Å². The molecule has 0 aliphatic heterocycles. The summed E-state index contributed by atoms with van der Waals surface area (Å²) in [6.45, 7) is -0.110. The number of hydrogen-bond acceptors (Lipinski definition) is 8. The normalized spacial score (nSPS) is 11.6. The second-order valence-corrected chi connectivity index (χ2v) is 7.90. The zero-order valence-corrected chi connectivity index (χ0v) is 19.0. The quantitative estimate of drug-likeness (QED) is 0.318. The number of rotatable bonds is 9. The minimum atomic E-state index is -1.24. The van der Waals surface area contributed by atoms with E-state index >= 15 is 0 Å². The number of aliphatic carboxylic acids is 1. The highest BCUT2D eigenvalue weighted by Gasteiger charge is 2.19. The molecule has 0 spiro atoms. The van der Waals surface area contributed by atoms with E-state index in [-0.39, 0.29) is 6.61 Å². The Morgan fingerprint density at radius 2 is 1.74 bits per heavy atom. The number of nitrogens with two attached hydrogens (primary N) is 1. The molecule has 0 aliphatic carbocycles. The Morgan fingerprint density at radius 3 is 2.43 bits per heavy atom. The Labute approximate surface area is 205 Å². The van der Waals surface area contributed by atoms with Gasteiger partial charge in [0.2, 0.25) is 5.82 Å². The van der Waals surface area contributed by atoms with Gasteiger partial charge in [0.1, 0.15) is 24.1 Å². The fraction of sp³-hybridized carbons (Fsp3) is 0.120. The molecular weight excluding hydrogens is 474 g/mol. The molecule has 178 valence electrons. The molecule has 0 amide bonds. The Bertz CT molecular complexity index is 1320. The lowest BCUT2D eigenvalue weighted by Crippen LogP contribution is -2.34. The van der Waals surface area contributed by atoms with Crippen molar-refractivity contribution in [1.82, 2.24) is 10.1 Å². The Balaban J connectivity index is 1.41. The number of carbonyl (C=O) groups is 2. The summed E-state index contributed by atoms with van der Waals surface area (Å²) < 4.78 is 16.2. The van der Waals surface area contributed by atoms with Crippen molar-refractivity contribution in [2.24, 2.45) is 5.73 Å². The first-order valence-corrected chi connectivity index (χ1v) is 10.9. The molecule has 10 heteroatoms. The van der Waals surface area contributed by atoms with Gasteiger partial charge >= 0.3 is 11.9 Å². The minimum Gasteiger partial charge on any atom is -0.481 e. The highest BCUT2D eigenvalue weighted by molar-refractivity contribution is 6.33. The summed E-state index contributed by atoms with van der Waals surface area (Å²) in [5.74, 6) is 0.0157. The standard InChI is InChI=1S/C25H20ClN3O6/c26-20-12-15(14-33-25(32)21(27)13-22(30)31)6-11-19(20)23-28-24(35-29-23)16-7-9-18(10-8-16)34-17-4-2-1-3-5-17/h1-12,21H,13-14,27H2,(H,30,31)/t21-/m0/s1. The second-order valence-electron chi connectivity index (χ2n) is 7.49. The van der Waals surface area contributed by atoms with Crippen LogP contribution in [0.4, 0.5) is 0 Å². The number of aromatic nitrogens is 2. The summed E-state index contributed by atoms with van der Waals surface area (Å²) in [6.07, 6.45) is -0.512. The van der Waals surface area contributed by atoms with E-state index in [1.807, 2.05) is 42.5 Å². The number of nitrogens with zero attached hydrogens (tertiary/aromatic N) is 2. The van der Waals surface area contributed by atoms with Crippen LogP contribution in [0.15, 0.2) is 77.3 Å². The fourth-order valence-corrected chi connectivity index (χ4v) is 3.39. The summed E-state index contributed by atoms with van der Waals surface area (Å²) in [5.41, 5.74) is 7.32. The van der Waals surface area contributed by atoms with E-state index in [2.05, 4.69) is 10.1 Å². The van der Waals surface area contributed by atoms with Crippen LogP contribution in [0, 0.1) is 0 Å². The Morgan fingerprint density at radius 1 is 1.03 bits per heavy atom. The van der Waals surface area contributed by atoms with Crippen LogP contribution in [0.25, 0.3) is 22.8 Å². The Hall–Kier alpha value is -4.21. The van der Waals surface area contributed by atoms with Crippen LogP contribution >= 0.6 is 11.6 Å². The number of ether oxygens (including phenoxy) is 2. The van der Waals surface area contributed by atoms with Gasteiger partial charge in [-0.3, -0.25) is 9.59 Å². The lowest BCUT2D eigenvalue weighted by molar-refractivity contribution is -0.150. The molecule has 35 heavy (non-hydrogen) atoms. The average molecular weight is 494 g/mol. The van der Waals surface area contributed by atoms with E-state index in [0.29, 0.717) is 39.2 Å². The van der Waals surface area contributed by atoms with Gasteiger partial charge in [0.05, 0.1) is 11.4 Å². The number of carboxylic acid groups (broad SMARTS) is 1. The second kappa shape index (κ2) is 10.8. The van der Waals surface area contributed by atoms with E-state index in [1.54, 1.807) is 30.3 Å². The van der Waals surface area contributed by atoms with Crippen LogP contribution < -0.4 is 10.5 Å². The van der Waals surface area contributed by atoms with Crippen LogP contribution in [-0.4, -0.2) is 33.2 Å². The summed E-state index contributed by atoms with van der Waals surface area (Å²) in [5, 5.41) is 13.0. The number of esters is 1. The van der Waals surface area contributed by atoms with E-state index in [0.717, 1.165) is 5.75 Å². The highest BCUT2D eigenvalue weighted by atomic mass is 35.5. The predicted molar refractivity (Wildman–Crippen MR) is 127 cm³/mol. The van der Waals surface area contributed by atoms with Crippen LogP contribution in [0.1, 0.15) is 12.0 Å². The maximum Gasteiger partial charge on any atom is 0.323 e. The largest absolute Gasteiger partial charge is 0.481 e. The van der Waals surface area contributed by atoms with Gasteiger partial charge in [-0.25, -0.2) is 0 Å². The third kappa shape index (κ3) is 6.23. The van der Waals surface area contributed by atoms with Crippen molar-refractivity contribution in [1.29, 1.82) is 0 Å². The molecule has 3 N–H and O–H groups in total. The number of para-hydroxylation sites is 1. The van der Waals surface area contributed by atoms with Crippen molar-refractivity contribution in [2.45, 2.75) is 19.1 Å². The number of carbonyl (C=O) groups excluding carboxylic acids is 1. The third-order valence-corrected chi connectivity index (χ3v) is 5.17. The van der Waals surface area contributed by atoms with Crippen LogP contribution in [-0.2, 0) is 20.9 Å². The first kappa shape index (κ1) is 23.9. The Kier molecular flexibility index (Phi) is 7.39. The molecule has 1 aromatic heterocycles. The molecule has 0 unspecified atom stereocenters. The molecule has 0 fully saturated rings. The van der Waals surface area contributed by atoms with Gasteiger partial charge in [-0.05, 0) is 54.1 Å². The number of benzene rings is 3. The molecule has 0 saturated heterocycles. The van der Waals surface area contributed by atoms with Gasteiger partial charge in [0.25, 0.3) is 5.89 Å². The van der Waals surface area contributed by atoms with Crippen LogP contribution in [0.2, 0.25) is 5.02 Å². The third-order valence-electron chi connectivity index (χ3n) is 4.86. The molecule has 0 radical (unpaired) electrons. The maximum atomic E-state index is 11.8. The zero-order chi connectivity index (χ0) is 24.8. The summed E-state index contributed by atoms with van der Waals surface area (Å²) in [7, 11) is 0. The molecule has 1 heterocycles. The molecule has 0 saturated carbocycles. The van der Waals surface area contributed by atoms with Gasteiger partial charge in [-0.1, -0.05) is 41.0 Å². The lowest BCUT2D eigenvalue weighted by atomic mass is 10.1. The van der Waals surface area contributed by atoms with Crippen molar-refractivity contribution in [3.8, 4) is 34.3 Å². The molecule has 9 nitrogen and oxygen atoms in total. The molecule has 3 aromatic carbocycles. The summed E-state index contributed by atoms with van der Waals surface area (Å²) >= 11 is 6.38. The van der Waals surface area contributed by atoms with Gasteiger partial charge < -0.3 is 24.8 Å². The topological polar surface area (TPSA) is 138 Å². The van der Waals surface area contributed by atoms with Gasteiger partial charge in [-0.15, -0.1) is 0 Å². The lowest BCUT2D eigenvalue weighted by Gasteiger charge is -2.10. The molecule has 0 aliphatic rings. The first-order valence-electron chi connectivity index (χ1n) is 10.5. The molecule has 4 rings (SSSR count). The van der Waals surface area contributed by atoms with Gasteiger partial charge in [-0.2, -0.15) is 4.98 Å². The summed E-state index contributed by atoms with van der Waals surface area (Å²) in [6, 6.07) is 20.4. The summed E-state index contributed by atoms with van der Waals surface area (Å²) in [4.78, 5) is 26.9. The van der Waals surface area contributed by atoms with Gasteiger partial charge in [0, 0.05) is 11.1 Å². The predicted octanol–water partition coefficient (Wildman–Crippen LogP) is 4.69. The number of carboxylic acids is 1. The number of hydrogen-bond donors (Lipinski definition) is 2. The van der Waals surface area contributed by atoms with Crippen molar-refractivity contribution < 1.29 is 28.7 Å². The minimum absolute atomic E-state index is 0.110. The molecule has 0 bridgehead atoms. The van der Waals surface area contributed by atoms with Crippen LogP contribution in [0.3, 0.4) is 0 Å². The SMILES string of the molecule is N[C@@H](CC(=O)O)C(=O)OCc1ccc(-c2noc(-c3ccc(Oc4ccccc4)cc3)n2)c(Cl)c1. The molecule has 1 atom stereocenters. The van der Waals surface area contributed by atoms with Crippen molar-refractivity contribution in [3.63, 3.8) is 0 Å². The fourth-order valence-electron chi connectivity index (χ4n) is 3.10. The van der Waals surface area contributed by atoms with Gasteiger partial charge in [0.15, 0.2) is 0 Å². The average Bonchev–Trinajstić information content (AvgIpc) is 3.33. The maximum absolute atomic E-state index is 11.8. The van der Waals surface area contributed by atoms with E-state index in [1.165, 1.54) is 0 Å². The van der Waals surface area contributed by atoms with Crippen molar-refractivity contribution in [2.75, 3.05) is 0 Å². The highest BCUT2D eigenvalue weighted by Crippen LogP contribution is 2.30. The van der Waals surface area contributed by atoms with E-state index in [9.17, 15) is 9.59 Å². The van der Waals surface area contributed by atoms with Crippen molar-refractivity contribution in [3.05, 3.63) is 83.4 Å². The van der Waals surface area contributed by atoms with E-state index in [4.69, 9.17) is 36.4 Å². The first-order chi connectivity index (χ1) is 16.9. The van der Waals surface area contributed by atoms with E-state index < -0.39 is 24.4 Å². The monoisotopic (exact) mass is 493 g/mol. The molecular formula is C25H20ClN3O6. The smallest absolute Gasteiger partial charge is 0.323 e. The number of halogens is 1.